The van der Waals surface area contributed by atoms with Gasteiger partial charge in [0.25, 0.3) is 0 Å². The molecule has 0 amide bonds. The summed E-state index contributed by atoms with van der Waals surface area (Å²) in [6.45, 7) is 3.14. The van der Waals surface area contributed by atoms with Crippen molar-refractivity contribution in [1.82, 2.24) is 0 Å². The first-order valence-corrected chi connectivity index (χ1v) is 9.32. The first kappa shape index (κ1) is 17.0. The van der Waals surface area contributed by atoms with E-state index in [1.807, 2.05) is 12.1 Å². The Hall–Kier alpha value is -0.0200. The van der Waals surface area contributed by atoms with Crippen LogP contribution in [0.4, 0.5) is 0 Å². The first-order valence-electron chi connectivity index (χ1n) is 7.71. The van der Waals surface area contributed by atoms with Crippen LogP contribution >= 0.6 is 27.3 Å². The Kier molecular flexibility index (Phi) is 10.6. The monoisotopic (exact) mass is 346 g/mol. The van der Waals surface area contributed by atoms with Crippen molar-refractivity contribution in [3.05, 3.63) is 15.9 Å². The zero-order valence-electron chi connectivity index (χ0n) is 12.1. The van der Waals surface area contributed by atoms with Crippen LogP contribution in [0.15, 0.2) is 15.9 Å². The van der Waals surface area contributed by atoms with E-state index in [1.54, 1.807) is 11.3 Å². The Morgan fingerprint density at radius 3 is 2.00 bits per heavy atom. The third kappa shape index (κ3) is 9.50. The Bertz CT molecular complexity index is 311. The molecule has 0 saturated carbocycles. The van der Waals surface area contributed by atoms with Crippen molar-refractivity contribution < 1.29 is 4.74 Å². The molecular weight excluding hydrogens is 320 g/mol. The zero-order valence-corrected chi connectivity index (χ0v) is 14.5. The maximum Gasteiger partial charge on any atom is 0.174 e. The number of ether oxygens (including phenoxy) is 1. The van der Waals surface area contributed by atoms with Gasteiger partial charge in [-0.05, 0) is 34.5 Å². The number of thiophene rings is 1. The van der Waals surface area contributed by atoms with Crippen LogP contribution in [0.1, 0.15) is 71.1 Å². The molecule has 0 atom stereocenters. The summed E-state index contributed by atoms with van der Waals surface area (Å²) in [5, 5.41) is 1.03. The summed E-state index contributed by atoms with van der Waals surface area (Å²) >= 11 is 5.11. The van der Waals surface area contributed by atoms with Crippen molar-refractivity contribution in [3.8, 4) is 5.06 Å². The lowest BCUT2D eigenvalue weighted by atomic mass is 10.1. The number of unbranched alkanes of at least 4 members (excludes halogenated alkanes) is 9. The van der Waals surface area contributed by atoms with E-state index < -0.39 is 0 Å². The molecule has 1 aromatic rings. The van der Waals surface area contributed by atoms with Crippen molar-refractivity contribution in [2.24, 2.45) is 0 Å². The highest BCUT2D eigenvalue weighted by molar-refractivity contribution is 9.11. The SMILES string of the molecule is CCCCCCCCCCCCOc1ccc(Br)s1. The summed E-state index contributed by atoms with van der Waals surface area (Å²) in [6, 6.07) is 4.07. The molecule has 0 aromatic carbocycles. The zero-order chi connectivity index (χ0) is 13.8. The van der Waals surface area contributed by atoms with Crippen LogP contribution in [0.5, 0.6) is 5.06 Å². The average molecular weight is 347 g/mol. The van der Waals surface area contributed by atoms with Crippen molar-refractivity contribution >= 4 is 27.3 Å². The predicted molar refractivity (Wildman–Crippen MR) is 89.4 cm³/mol. The second-order valence-corrected chi connectivity index (χ2v) is 7.51. The topological polar surface area (TPSA) is 9.23 Å². The minimum Gasteiger partial charge on any atom is -0.484 e. The molecule has 1 aromatic heterocycles. The van der Waals surface area contributed by atoms with Gasteiger partial charge in [-0.3, -0.25) is 0 Å². The summed E-state index contributed by atoms with van der Waals surface area (Å²) in [6.07, 6.45) is 13.7. The molecule has 0 N–H and O–H groups in total. The van der Waals surface area contributed by atoms with Crippen LogP contribution in [0, 0.1) is 0 Å². The highest BCUT2D eigenvalue weighted by atomic mass is 79.9. The van der Waals surface area contributed by atoms with Gasteiger partial charge in [-0.2, -0.15) is 0 Å². The lowest BCUT2D eigenvalue weighted by Gasteiger charge is -2.04. The van der Waals surface area contributed by atoms with E-state index in [0.29, 0.717) is 0 Å². The van der Waals surface area contributed by atoms with Crippen LogP contribution in [0.2, 0.25) is 0 Å². The van der Waals surface area contributed by atoms with E-state index in [9.17, 15) is 0 Å². The highest BCUT2D eigenvalue weighted by Gasteiger charge is 1.98. The van der Waals surface area contributed by atoms with Gasteiger partial charge in [-0.1, -0.05) is 76.0 Å². The molecule has 3 heteroatoms. The van der Waals surface area contributed by atoms with E-state index in [4.69, 9.17) is 4.74 Å². The number of hydrogen-bond donors (Lipinski definition) is 0. The van der Waals surface area contributed by atoms with Gasteiger partial charge in [-0.25, -0.2) is 0 Å². The van der Waals surface area contributed by atoms with E-state index in [-0.39, 0.29) is 0 Å². The van der Waals surface area contributed by atoms with Crippen LogP contribution in [-0.4, -0.2) is 6.61 Å². The van der Waals surface area contributed by atoms with Crippen molar-refractivity contribution in [2.45, 2.75) is 71.1 Å². The first-order chi connectivity index (χ1) is 9.33. The van der Waals surface area contributed by atoms with Gasteiger partial charge in [0.15, 0.2) is 5.06 Å². The second kappa shape index (κ2) is 11.8. The molecule has 0 radical (unpaired) electrons. The largest absolute Gasteiger partial charge is 0.484 e. The molecule has 19 heavy (non-hydrogen) atoms. The molecule has 1 rings (SSSR count). The van der Waals surface area contributed by atoms with Gasteiger partial charge in [-0.15, -0.1) is 0 Å². The van der Waals surface area contributed by atoms with E-state index in [1.165, 1.54) is 64.2 Å². The summed E-state index contributed by atoms with van der Waals surface area (Å²) in [4.78, 5) is 0. The molecular formula is C16H27BrOS. The smallest absolute Gasteiger partial charge is 0.174 e. The van der Waals surface area contributed by atoms with Crippen LogP contribution in [0.25, 0.3) is 0 Å². The van der Waals surface area contributed by atoms with Gasteiger partial charge in [0.2, 0.25) is 0 Å². The van der Waals surface area contributed by atoms with E-state index in [0.717, 1.165) is 15.5 Å². The molecule has 110 valence electrons. The molecule has 0 aliphatic rings. The quantitative estimate of drug-likeness (QED) is 0.377. The van der Waals surface area contributed by atoms with Gasteiger partial charge in [0.1, 0.15) is 0 Å². The molecule has 0 saturated heterocycles. The third-order valence-corrected chi connectivity index (χ3v) is 4.83. The molecule has 0 fully saturated rings. The highest BCUT2D eigenvalue weighted by Crippen LogP contribution is 2.28. The van der Waals surface area contributed by atoms with Crippen LogP contribution in [-0.2, 0) is 0 Å². The Labute approximate surface area is 130 Å². The van der Waals surface area contributed by atoms with Crippen molar-refractivity contribution in [2.75, 3.05) is 6.61 Å². The molecule has 0 aliphatic carbocycles. The lowest BCUT2D eigenvalue weighted by Crippen LogP contribution is -1.95. The summed E-state index contributed by atoms with van der Waals surface area (Å²) in [5.41, 5.74) is 0. The molecule has 0 unspecified atom stereocenters. The standard InChI is InChI=1S/C16H27BrOS/c1-2-3-4-5-6-7-8-9-10-11-14-18-16-13-12-15(17)19-16/h12-13H,2-11,14H2,1H3. The normalized spacial score (nSPS) is 10.8. The second-order valence-electron chi connectivity index (χ2n) is 5.09. The maximum atomic E-state index is 5.69. The van der Waals surface area contributed by atoms with Gasteiger partial charge in [0.05, 0.1) is 10.4 Å². The van der Waals surface area contributed by atoms with Gasteiger partial charge < -0.3 is 4.74 Å². The molecule has 0 aliphatic heterocycles. The summed E-state index contributed by atoms with van der Waals surface area (Å²) in [7, 11) is 0. The maximum absolute atomic E-state index is 5.69. The summed E-state index contributed by atoms with van der Waals surface area (Å²) < 4.78 is 6.83. The lowest BCUT2D eigenvalue weighted by molar-refractivity contribution is 0.312. The molecule has 0 bridgehead atoms. The van der Waals surface area contributed by atoms with Crippen LogP contribution < -0.4 is 4.74 Å². The van der Waals surface area contributed by atoms with Crippen molar-refractivity contribution in [1.29, 1.82) is 0 Å². The number of rotatable bonds is 12. The minimum atomic E-state index is 0.865. The van der Waals surface area contributed by atoms with Crippen LogP contribution in [0.3, 0.4) is 0 Å². The minimum absolute atomic E-state index is 0.865. The Balaban J connectivity index is 1.79. The van der Waals surface area contributed by atoms with Gasteiger partial charge in [0, 0.05) is 0 Å². The van der Waals surface area contributed by atoms with E-state index in [2.05, 4.69) is 22.9 Å². The molecule has 0 spiro atoms. The fourth-order valence-electron chi connectivity index (χ4n) is 2.14. The van der Waals surface area contributed by atoms with Gasteiger partial charge >= 0.3 is 0 Å². The number of halogens is 1. The van der Waals surface area contributed by atoms with Crippen molar-refractivity contribution in [3.63, 3.8) is 0 Å². The third-order valence-electron chi connectivity index (χ3n) is 3.29. The molecule has 1 nitrogen and oxygen atoms in total. The predicted octanol–water partition coefficient (Wildman–Crippen LogP) is 6.81. The molecule has 1 heterocycles. The number of hydrogen-bond acceptors (Lipinski definition) is 2. The fraction of sp³-hybridized carbons (Fsp3) is 0.750. The Morgan fingerprint density at radius 2 is 1.47 bits per heavy atom. The summed E-state index contributed by atoms with van der Waals surface area (Å²) in [5.74, 6) is 0. The van der Waals surface area contributed by atoms with E-state index >= 15 is 0 Å². The average Bonchev–Trinajstić information content (AvgIpc) is 2.82. The fourth-order valence-corrected chi connectivity index (χ4v) is 3.35. The Morgan fingerprint density at radius 1 is 0.895 bits per heavy atom.